The van der Waals surface area contributed by atoms with Crippen LogP contribution in [-0.4, -0.2) is 15.9 Å². The van der Waals surface area contributed by atoms with E-state index in [2.05, 4.69) is 24.1 Å². The molecule has 1 heterocycles. The highest BCUT2D eigenvalue weighted by Gasteiger charge is 2.23. The number of hydrogen-bond donors (Lipinski definition) is 1. The zero-order chi connectivity index (χ0) is 13.1. The van der Waals surface area contributed by atoms with Crippen LogP contribution in [-0.2, 0) is 0 Å². The van der Waals surface area contributed by atoms with Crippen LogP contribution in [0.4, 0.5) is 11.5 Å². The Morgan fingerprint density at radius 2 is 1.94 bits per heavy atom. The van der Waals surface area contributed by atoms with Crippen molar-refractivity contribution in [3.05, 3.63) is 28.4 Å². The molecule has 1 N–H and O–H groups in total. The van der Waals surface area contributed by atoms with Gasteiger partial charge in [0.15, 0.2) is 0 Å². The van der Waals surface area contributed by atoms with Crippen molar-refractivity contribution in [3.63, 3.8) is 0 Å². The van der Waals surface area contributed by atoms with Gasteiger partial charge in [-0.15, -0.1) is 0 Å². The van der Waals surface area contributed by atoms with Crippen LogP contribution in [0.5, 0.6) is 0 Å². The fraction of sp³-hybridized carbons (Fsp3) is 0.615. The van der Waals surface area contributed by atoms with Crippen LogP contribution in [0.25, 0.3) is 0 Å². The SMILES string of the molecule is CC1CC(C)CC(Nc2ccc([N+](=O)[O-])cn2)C1. The second-order valence-corrected chi connectivity index (χ2v) is 5.42. The molecule has 0 aromatic carbocycles. The van der Waals surface area contributed by atoms with Crippen molar-refractivity contribution in [1.82, 2.24) is 4.98 Å². The van der Waals surface area contributed by atoms with Crippen molar-refractivity contribution in [2.75, 3.05) is 5.32 Å². The van der Waals surface area contributed by atoms with Gasteiger partial charge in [0.1, 0.15) is 12.0 Å². The van der Waals surface area contributed by atoms with Crippen molar-refractivity contribution in [1.29, 1.82) is 0 Å². The summed E-state index contributed by atoms with van der Waals surface area (Å²) in [7, 11) is 0. The summed E-state index contributed by atoms with van der Waals surface area (Å²) >= 11 is 0. The van der Waals surface area contributed by atoms with Gasteiger partial charge in [-0.3, -0.25) is 10.1 Å². The molecule has 0 aliphatic heterocycles. The monoisotopic (exact) mass is 249 g/mol. The summed E-state index contributed by atoms with van der Waals surface area (Å²) in [6.07, 6.45) is 4.87. The van der Waals surface area contributed by atoms with Crippen LogP contribution < -0.4 is 5.32 Å². The molecule has 2 unspecified atom stereocenters. The first-order valence-electron chi connectivity index (χ1n) is 6.41. The van der Waals surface area contributed by atoms with Gasteiger partial charge in [0.25, 0.3) is 5.69 Å². The molecule has 0 amide bonds. The van der Waals surface area contributed by atoms with Gasteiger partial charge in [-0.05, 0) is 37.2 Å². The summed E-state index contributed by atoms with van der Waals surface area (Å²) in [5, 5.41) is 13.9. The van der Waals surface area contributed by atoms with E-state index in [1.54, 1.807) is 6.07 Å². The Morgan fingerprint density at radius 1 is 1.28 bits per heavy atom. The van der Waals surface area contributed by atoms with E-state index in [0.29, 0.717) is 6.04 Å². The summed E-state index contributed by atoms with van der Waals surface area (Å²) in [5.74, 6) is 2.18. The predicted octanol–water partition coefficient (Wildman–Crippen LogP) is 3.23. The molecule has 98 valence electrons. The van der Waals surface area contributed by atoms with E-state index in [0.717, 1.165) is 30.5 Å². The predicted molar refractivity (Wildman–Crippen MR) is 70.5 cm³/mol. The maximum atomic E-state index is 10.5. The van der Waals surface area contributed by atoms with Crippen molar-refractivity contribution in [2.45, 2.75) is 39.2 Å². The van der Waals surface area contributed by atoms with Gasteiger partial charge in [0, 0.05) is 12.1 Å². The minimum Gasteiger partial charge on any atom is -0.367 e. The van der Waals surface area contributed by atoms with Gasteiger partial charge in [0.05, 0.1) is 4.92 Å². The van der Waals surface area contributed by atoms with Crippen LogP contribution in [0, 0.1) is 22.0 Å². The average molecular weight is 249 g/mol. The van der Waals surface area contributed by atoms with Gasteiger partial charge < -0.3 is 5.32 Å². The zero-order valence-electron chi connectivity index (χ0n) is 10.8. The second-order valence-electron chi connectivity index (χ2n) is 5.42. The number of nitro groups is 1. The molecule has 1 aliphatic carbocycles. The van der Waals surface area contributed by atoms with Crippen molar-refractivity contribution >= 4 is 11.5 Å². The summed E-state index contributed by atoms with van der Waals surface area (Å²) in [5.41, 5.74) is 0.0333. The number of hydrogen-bond acceptors (Lipinski definition) is 4. The molecule has 1 aliphatic rings. The number of aromatic nitrogens is 1. The lowest BCUT2D eigenvalue weighted by molar-refractivity contribution is -0.385. The van der Waals surface area contributed by atoms with E-state index < -0.39 is 4.92 Å². The Balaban J connectivity index is 1.98. The van der Waals surface area contributed by atoms with Crippen LogP contribution in [0.3, 0.4) is 0 Å². The average Bonchev–Trinajstić information content (AvgIpc) is 2.28. The molecule has 5 nitrogen and oxygen atoms in total. The Kier molecular flexibility index (Phi) is 3.79. The Morgan fingerprint density at radius 3 is 2.44 bits per heavy atom. The van der Waals surface area contributed by atoms with Crippen molar-refractivity contribution < 1.29 is 4.92 Å². The van der Waals surface area contributed by atoms with E-state index in [1.807, 2.05) is 0 Å². The Bertz CT molecular complexity index is 409. The lowest BCUT2D eigenvalue weighted by Gasteiger charge is -2.32. The molecular weight excluding hydrogens is 230 g/mol. The molecular formula is C13H19N3O2. The molecule has 1 saturated carbocycles. The van der Waals surface area contributed by atoms with Crippen LogP contribution in [0.15, 0.2) is 18.3 Å². The Labute approximate surface area is 107 Å². The van der Waals surface area contributed by atoms with Crippen LogP contribution in [0.2, 0.25) is 0 Å². The van der Waals surface area contributed by atoms with E-state index in [1.165, 1.54) is 18.7 Å². The number of nitrogens with one attached hydrogen (secondary N) is 1. The number of pyridine rings is 1. The smallest absolute Gasteiger partial charge is 0.287 e. The highest BCUT2D eigenvalue weighted by molar-refractivity contribution is 5.40. The van der Waals surface area contributed by atoms with Gasteiger partial charge in [0.2, 0.25) is 0 Å². The first-order valence-corrected chi connectivity index (χ1v) is 6.41. The molecule has 1 fully saturated rings. The van der Waals surface area contributed by atoms with Crippen LogP contribution >= 0.6 is 0 Å². The molecule has 1 aromatic heterocycles. The fourth-order valence-corrected chi connectivity index (χ4v) is 2.85. The minimum absolute atomic E-state index is 0.0333. The van der Waals surface area contributed by atoms with Crippen molar-refractivity contribution in [2.24, 2.45) is 11.8 Å². The zero-order valence-corrected chi connectivity index (χ0v) is 10.8. The molecule has 0 saturated heterocycles. The van der Waals surface area contributed by atoms with E-state index in [4.69, 9.17) is 0 Å². The molecule has 5 heteroatoms. The molecule has 2 rings (SSSR count). The lowest BCUT2D eigenvalue weighted by Crippen LogP contribution is -2.30. The van der Waals surface area contributed by atoms with Gasteiger partial charge in [-0.2, -0.15) is 0 Å². The largest absolute Gasteiger partial charge is 0.367 e. The summed E-state index contributed by atoms with van der Waals surface area (Å²) in [6.45, 7) is 4.54. The first-order chi connectivity index (χ1) is 8.54. The second kappa shape index (κ2) is 5.33. The molecule has 1 aromatic rings. The van der Waals surface area contributed by atoms with Gasteiger partial charge in [-0.1, -0.05) is 13.8 Å². The number of nitrogens with zero attached hydrogens (tertiary/aromatic N) is 2. The van der Waals surface area contributed by atoms with E-state index >= 15 is 0 Å². The maximum absolute atomic E-state index is 10.5. The van der Waals surface area contributed by atoms with E-state index in [9.17, 15) is 10.1 Å². The highest BCUT2D eigenvalue weighted by atomic mass is 16.6. The molecule has 0 bridgehead atoms. The number of anilines is 1. The first kappa shape index (κ1) is 12.8. The highest BCUT2D eigenvalue weighted by Crippen LogP contribution is 2.30. The lowest BCUT2D eigenvalue weighted by atomic mass is 9.80. The molecule has 2 atom stereocenters. The topological polar surface area (TPSA) is 68.1 Å². The normalized spacial score (nSPS) is 27.8. The summed E-state index contributed by atoms with van der Waals surface area (Å²) < 4.78 is 0. The molecule has 0 radical (unpaired) electrons. The number of rotatable bonds is 3. The third-order valence-corrected chi connectivity index (χ3v) is 3.49. The summed E-state index contributed by atoms with van der Waals surface area (Å²) in [6, 6.07) is 3.60. The van der Waals surface area contributed by atoms with Gasteiger partial charge >= 0.3 is 0 Å². The fourth-order valence-electron chi connectivity index (χ4n) is 2.85. The van der Waals surface area contributed by atoms with Gasteiger partial charge in [-0.25, -0.2) is 4.98 Å². The Hall–Kier alpha value is -1.65. The quantitative estimate of drug-likeness (QED) is 0.659. The van der Waals surface area contributed by atoms with E-state index in [-0.39, 0.29) is 5.69 Å². The minimum atomic E-state index is -0.429. The standard InChI is InChI=1S/C13H19N3O2/c1-9-5-10(2)7-11(6-9)15-13-4-3-12(8-14-13)16(17)18/h3-4,8-11H,5-7H2,1-2H3,(H,14,15). The summed E-state index contributed by atoms with van der Waals surface area (Å²) in [4.78, 5) is 14.2. The third kappa shape index (κ3) is 3.18. The maximum Gasteiger partial charge on any atom is 0.287 e. The third-order valence-electron chi connectivity index (χ3n) is 3.49. The molecule has 18 heavy (non-hydrogen) atoms. The van der Waals surface area contributed by atoms with Crippen molar-refractivity contribution in [3.8, 4) is 0 Å². The van der Waals surface area contributed by atoms with Crippen LogP contribution in [0.1, 0.15) is 33.1 Å². The molecule has 0 spiro atoms.